The highest BCUT2D eigenvalue weighted by Gasteiger charge is 2.31. The van der Waals surface area contributed by atoms with Crippen molar-refractivity contribution in [3.05, 3.63) is 33.8 Å². The molecule has 2 N–H and O–H groups in total. The summed E-state index contributed by atoms with van der Waals surface area (Å²) in [5, 5.41) is 12.3. The second-order valence-corrected chi connectivity index (χ2v) is 5.42. The van der Waals surface area contributed by atoms with E-state index in [1.54, 1.807) is 7.11 Å². The van der Waals surface area contributed by atoms with E-state index in [0.717, 1.165) is 15.6 Å². The molecule has 1 aromatic carbocycles. The standard InChI is InChI=1S/C13H16BrNO3/c1-18-7-8-2-3-10(14)5-11(8)12-4-9(6-15-12)13(16)17/h2-3,5,9,12,15H,4,6-7H2,1H3,(H,16,17). The molecule has 0 aromatic heterocycles. The first-order valence-corrected chi connectivity index (χ1v) is 6.64. The average Bonchev–Trinajstić information content (AvgIpc) is 2.81. The highest BCUT2D eigenvalue weighted by Crippen LogP contribution is 2.31. The maximum absolute atomic E-state index is 11.0. The average molecular weight is 314 g/mol. The van der Waals surface area contributed by atoms with Crippen molar-refractivity contribution < 1.29 is 14.6 Å². The van der Waals surface area contributed by atoms with E-state index in [4.69, 9.17) is 9.84 Å². The van der Waals surface area contributed by atoms with Crippen molar-refractivity contribution in [1.82, 2.24) is 5.32 Å². The zero-order chi connectivity index (χ0) is 13.1. The van der Waals surface area contributed by atoms with Gasteiger partial charge >= 0.3 is 5.97 Å². The van der Waals surface area contributed by atoms with Gasteiger partial charge in [-0.25, -0.2) is 0 Å². The van der Waals surface area contributed by atoms with Gasteiger partial charge in [0.05, 0.1) is 12.5 Å². The van der Waals surface area contributed by atoms with Crippen LogP contribution in [-0.4, -0.2) is 24.7 Å². The van der Waals surface area contributed by atoms with E-state index < -0.39 is 5.97 Å². The lowest BCUT2D eigenvalue weighted by molar-refractivity contribution is -0.141. The summed E-state index contributed by atoms with van der Waals surface area (Å²) in [7, 11) is 1.66. The van der Waals surface area contributed by atoms with Crippen molar-refractivity contribution in [3.63, 3.8) is 0 Å². The number of hydrogen-bond donors (Lipinski definition) is 2. The van der Waals surface area contributed by atoms with E-state index in [1.807, 2.05) is 18.2 Å². The van der Waals surface area contributed by atoms with Crippen molar-refractivity contribution in [2.45, 2.75) is 19.1 Å². The molecule has 0 amide bonds. The number of nitrogens with one attached hydrogen (secondary N) is 1. The number of aliphatic carboxylic acids is 1. The highest BCUT2D eigenvalue weighted by molar-refractivity contribution is 9.10. The van der Waals surface area contributed by atoms with Crippen LogP contribution in [0.5, 0.6) is 0 Å². The third-order valence-electron chi connectivity index (χ3n) is 3.26. The van der Waals surface area contributed by atoms with Gasteiger partial charge in [0.1, 0.15) is 0 Å². The SMILES string of the molecule is COCc1ccc(Br)cc1C1CC(C(=O)O)CN1. The lowest BCUT2D eigenvalue weighted by atomic mass is 9.96. The Hall–Kier alpha value is -0.910. The van der Waals surface area contributed by atoms with Gasteiger partial charge in [-0.15, -0.1) is 0 Å². The smallest absolute Gasteiger partial charge is 0.307 e. The molecule has 5 heteroatoms. The van der Waals surface area contributed by atoms with Crippen molar-refractivity contribution in [2.24, 2.45) is 5.92 Å². The van der Waals surface area contributed by atoms with E-state index in [2.05, 4.69) is 21.2 Å². The zero-order valence-corrected chi connectivity index (χ0v) is 11.7. The highest BCUT2D eigenvalue weighted by atomic mass is 79.9. The van der Waals surface area contributed by atoms with Crippen LogP contribution >= 0.6 is 15.9 Å². The van der Waals surface area contributed by atoms with Crippen LogP contribution in [0.2, 0.25) is 0 Å². The number of hydrogen-bond acceptors (Lipinski definition) is 3. The van der Waals surface area contributed by atoms with Crippen LogP contribution in [0.3, 0.4) is 0 Å². The predicted molar refractivity (Wildman–Crippen MR) is 71.3 cm³/mol. The van der Waals surface area contributed by atoms with Crippen molar-refractivity contribution in [2.75, 3.05) is 13.7 Å². The Morgan fingerprint density at radius 3 is 3.00 bits per heavy atom. The number of ether oxygens (including phenoxy) is 1. The van der Waals surface area contributed by atoms with E-state index in [-0.39, 0.29) is 12.0 Å². The van der Waals surface area contributed by atoms with Gasteiger partial charge in [0.2, 0.25) is 0 Å². The minimum atomic E-state index is -0.728. The van der Waals surface area contributed by atoms with Crippen LogP contribution in [0, 0.1) is 5.92 Å². The maximum Gasteiger partial charge on any atom is 0.307 e. The summed E-state index contributed by atoms with van der Waals surface area (Å²) in [6.07, 6.45) is 0.627. The summed E-state index contributed by atoms with van der Waals surface area (Å²) >= 11 is 3.45. The third kappa shape index (κ3) is 2.91. The number of benzene rings is 1. The molecule has 2 rings (SSSR count). The summed E-state index contributed by atoms with van der Waals surface area (Å²) in [6, 6.07) is 6.12. The zero-order valence-electron chi connectivity index (χ0n) is 10.1. The van der Waals surface area contributed by atoms with Crippen molar-refractivity contribution in [1.29, 1.82) is 0 Å². The van der Waals surface area contributed by atoms with Crippen LogP contribution in [-0.2, 0) is 16.1 Å². The number of carboxylic acid groups (broad SMARTS) is 1. The van der Waals surface area contributed by atoms with E-state index in [1.165, 1.54) is 0 Å². The van der Waals surface area contributed by atoms with Gasteiger partial charge in [-0.2, -0.15) is 0 Å². The quantitative estimate of drug-likeness (QED) is 0.895. The summed E-state index contributed by atoms with van der Waals surface area (Å²) in [6.45, 7) is 1.07. The number of methoxy groups -OCH3 is 1. The summed E-state index contributed by atoms with van der Waals surface area (Å²) in [5.41, 5.74) is 2.22. The monoisotopic (exact) mass is 313 g/mol. The molecule has 0 aliphatic carbocycles. The number of carboxylic acids is 1. The predicted octanol–water partition coefficient (Wildman–Crippen LogP) is 2.33. The van der Waals surface area contributed by atoms with Crippen LogP contribution in [0.25, 0.3) is 0 Å². The minimum Gasteiger partial charge on any atom is -0.481 e. The Morgan fingerprint density at radius 1 is 1.61 bits per heavy atom. The molecule has 1 aliphatic heterocycles. The lowest BCUT2D eigenvalue weighted by Crippen LogP contribution is -2.17. The molecule has 4 nitrogen and oxygen atoms in total. The third-order valence-corrected chi connectivity index (χ3v) is 3.76. The van der Waals surface area contributed by atoms with E-state index in [9.17, 15) is 4.79 Å². The Morgan fingerprint density at radius 2 is 2.39 bits per heavy atom. The molecule has 98 valence electrons. The second-order valence-electron chi connectivity index (χ2n) is 4.51. The topological polar surface area (TPSA) is 58.6 Å². The molecule has 0 saturated carbocycles. The van der Waals surface area contributed by atoms with Gasteiger partial charge in [-0.1, -0.05) is 22.0 Å². The molecule has 1 aromatic rings. The Bertz CT molecular complexity index is 450. The first-order valence-electron chi connectivity index (χ1n) is 5.85. The molecule has 0 radical (unpaired) electrons. The van der Waals surface area contributed by atoms with Crippen molar-refractivity contribution in [3.8, 4) is 0 Å². The first-order chi connectivity index (χ1) is 8.61. The molecule has 0 spiro atoms. The fourth-order valence-corrected chi connectivity index (χ4v) is 2.72. The molecule has 0 bridgehead atoms. The molecule has 1 saturated heterocycles. The van der Waals surface area contributed by atoms with Gasteiger partial charge in [0.15, 0.2) is 0 Å². The van der Waals surface area contributed by atoms with Gasteiger partial charge in [0.25, 0.3) is 0 Å². The van der Waals surface area contributed by atoms with Gasteiger partial charge in [-0.05, 0) is 29.7 Å². The van der Waals surface area contributed by atoms with Crippen LogP contribution in [0.4, 0.5) is 0 Å². The molecule has 2 unspecified atom stereocenters. The Kier molecular flexibility index (Phi) is 4.37. The summed E-state index contributed by atoms with van der Waals surface area (Å²) < 4.78 is 6.18. The van der Waals surface area contributed by atoms with Crippen molar-refractivity contribution >= 4 is 21.9 Å². The molecular weight excluding hydrogens is 298 g/mol. The Balaban J connectivity index is 2.22. The summed E-state index contributed by atoms with van der Waals surface area (Å²) in [5.74, 6) is -1.03. The van der Waals surface area contributed by atoms with Gasteiger partial charge in [0, 0.05) is 24.2 Å². The van der Waals surface area contributed by atoms with Crippen LogP contribution in [0.15, 0.2) is 22.7 Å². The molecule has 1 fully saturated rings. The molecule has 2 atom stereocenters. The molecule has 1 aliphatic rings. The second kappa shape index (κ2) is 5.82. The van der Waals surface area contributed by atoms with Crippen LogP contribution < -0.4 is 5.32 Å². The largest absolute Gasteiger partial charge is 0.481 e. The number of carbonyl (C=O) groups is 1. The molecular formula is C13H16BrNO3. The van der Waals surface area contributed by atoms with E-state index >= 15 is 0 Å². The van der Waals surface area contributed by atoms with Gasteiger partial charge < -0.3 is 15.2 Å². The first kappa shape index (κ1) is 13.5. The summed E-state index contributed by atoms with van der Waals surface area (Å²) in [4.78, 5) is 11.0. The lowest BCUT2D eigenvalue weighted by Gasteiger charge is -2.16. The van der Waals surface area contributed by atoms with Crippen LogP contribution in [0.1, 0.15) is 23.6 Å². The fraction of sp³-hybridized carbons (Fsp3) is 0.462. The molecule has 1 heterocycles. The minimum absolute atomic E-state index is 0.0914. The van der Waals surface area contributed by atoms with Gasteiger partial charge in [-0.3, -0.25) is 4.79 Å². The maximum atomic E-state index is 11.0. The molecule has 18 heavy (non-hydrogen) atoms. The normalized spacial score (nSPS) is 23.2. The fourth-order valence-electron chi connectivity index (χ4n) is 2.34. The Labute approximate surface area is 114 Å². The number of halogens is 1. The van der Waals surface area contributed by atoms with E-state index in [0.29, 0.717) is 19.6 Å². The number of rotatable bonds is 4.